The van der Waals surface area contributed by atoms with Crippen molar-refractivity contribution in [2.45, 2.75) is 26.0 Å². The van der Waals surface area contributed by atoms with E-state index in [-0.39, 0.29) is 12.4 Å². The van der Waals surface area contributed by atoms with Gasteiger partial charge in [-0.05, 0) is 28.2 Å². The molecule has 1 atom stereocenters. The molecule has 1 aromatic heterocycles. The van der Waals surface area contributed by atoms with Gasteiger partial charge in [-0.25, -0.2) is 0 Å². The summed E-state index contributed by atoms with van der Waals surface area (Å²) in [4.78, 5) is 10.2. The van der Waals surface area contributed by atoms with Crippen molar-refractivity contribution in [2.24, 2.45) is 0 Å². The van der Waals surface area contributed by atoms with Gasteiger partial charge in [0.2, 0.25) is 0 Å². The van der Waals surface area contributed by atoms with E-state index < -0.39 is 11.0 Å². The molecule has 0 spiro atoms. The Kier molecular flexibility index (Phi) is 4.08. The van der Waals surface area contributed by atoms with Gasteiger partial charge >= 0.3 is 5.82 Å². The Hall–Kier alpha value is -2.73. The standard InChI is InChI=1S/C17H17N3O3/c1-12-8-17(20(22)23)18-19(12)11-16(21)10-13-6-7-14-4-2-3-5-15(14)9-13/h2-9,16,21H,10-11H2,1H3. The van der Waals surface area contributed by atoms with Crippen molar-refractivity contribution in [1.29, 1.82) is 0 Å². The quantitative estimate of drug-likeness (QED) is 0.580. The van der Waals surface area contributed by atoms with Gasteiger partial charge in [0.15, 0.2) is 0 Å². The fourth-order valence-electron chi connectivity index (χ4n) is 2.67. The maximum absolute atomic E-state index is 10.7. The number of aliphatic hydroxyl groups excluding tert-OH is 1. The Balaban J connectivity index is 1.73. The minimum Gasteiger partial charge on any atom is -0.391 e. The topological polar surface area (TPSA) is 81.2 Å². The third-order valence-corrected chi connectivity index (χ3v) is 3.82. The molecule has 3 rings (SSSR count). The van der Waals surface area contributed by atoms with Crippen molar-refractivity contribution in [3.05, 3.63) is 69.9 Å². The summed E-state index contributed by atoms with van der Waals surface area (Å²) < 4.78 is 1.48. The first kappa shape index (κ1) is 15.2. The molecule has 0 fully saturated rings. The van der Waals surface area contributed by atoms with Gasteiger partial charge in [-0.2, -0.15) is 4.68 Å². The molecule has 2 aromatic carbocycles. The number of aromatic nitrogens is 2. The molecule has 0 aliphatic heterocycles. The molecule has 0 amide bonds. The van der Waals surface area contributed by atoms with Crippen LogP contribution < -0.4 is 0 Å². The van der Waals surface area contributed by atoms with Gasteiger partial charge in [-0.1, -0.05) is 42.5 Å². The van der Waals surface area contributed by atoms with Crippen LogP contribution in [-0.2, 0) is 13.0 Å². The fourth-order valence-corrected chi connectivity index (χ4v) is 2.67. The smallest absolute Gasteiger partial charge is 0.390 e. The first-order valence-electron chi connectivity index (χ1n) is 7.37. The van der Waals surface area contributed by atoms with Crippen molar-refractivity contribution in [2.75, 3.05) is 0 Å². The molecule has 0 radical (unpaired) electrons. The van der Waals surface area contributed by atoms with E-state index >= 15 is 0 Å². The second-order valence-electron chi connectivity index (χ2n) is 5.62. The summed E-state index contributed by atoms with van der Waals surface area (Å²) in [5, 5.41) is 27.2. The minimum absolute atomic E-state index is 0.194. The molecule has 6 nitrogen and oxygen atoms in total. The zero-order valence-electron chi connectivity index (χ0n) is 12.7. The van der Waals surface area contributed by atoms with Crippen molar-refractivity contribution in [1.82, 2.24) is 9.78 Å². The number of aryl methyl sites for hydroxylation is 1. The second-order valence-corrected chi connectivity index (χ2v) is 5.62. The van der Waals surface area contributed by atoms with Gasteiger partial charge in [0.05, 0.1) is 29.5 Å². The lowest BCUT2D eigenvalue weighted by Gasteiger charge is -2.10. The van der Waals surface area contributed by atoms with E-state index in [0.29, 0.717) is 12.1 Å². The monoisotopic (exact) mass is 311 g/mol. The zero-order valence-corrected chi connectivity index (χ0v) is 12.7. The zero-order chi connectivity index (χ0) is 16.4. The highest BCUT2D eigenvalue weighted by Crippen LogP contribution is 2.17. The predicted molar refractivity (Wildman–Crippen MR) is 87.3 cm³/mol. The predicted octanol–water partition coefficient (Wildman–Crippen LogP) is 2.86. The van der Waals surface area contributed by atoms with Crippen molar-refractivity contribution < 1.29 is 10.0 Å². The summed E-state index contributed by atoms with van der Waals surface area (Å²) in [6, 6.07) is 15.5. The molecule has 1 unspecified atom stereocenters. The normalized spacial score (nSPS) is 12.4. The SMILES string of the molecule is Cc1cc([N+](=O)[O-])nn1CC(O)Cc1ccc2ccccc2c1. The van der Waals surface area contributed by atoms with Gasteiger partial charge in [-0.3, -0.25) is 0 Å². The van der Waals surface area contributed by atoms with Crippen molar-refractivity contribution in [3.63, 3.8) is 0 Å². The van der Waals surface area contributed by atoms with Gasteiger partial charge in [0, 0.05) is 6.42 Å². The molecule has 0 aliphatic carbocycles. The van der Waals surface area contributed by atoms with Gasteiger partial charge < -0.3 is 15.2 Å². The largest absolute Gasteiger partial charge is 0.391 e. The van der Waals surface area contributed by atoms with Gasteiger partial charge in [0.25, 0.3) is 0 Å². The molecule has 118 valence electrons. The Morgan fingerprint density at radius 3 is 2.65 bits per heavy atom. The molecular formula is C17H17N3O3. The van der Waals surface area contributed by atoms with Gasteiger partial charge in [-0.15, -0.1) is 0 Å². The molecule has 3 aromatic rings. The van der Waals surface area contributed by atoms with Crippen LogP contribution in [0.5, 0.6) is 0 Å². The number of hydrogen-bond donors (Lipinski definition) is 1. The van der Waals surface area contributed by atoms with Crippen LogP contribution in [0.1, 0.15) is 11.3 Å². The maximum Gasteiger partial charge on any atom is 0.390 e. The average Bonchev–Trinajstić information content (AvgIpc) is 2.88. The van der Waals surface area contributed by atoms with E-state index in [1.54, 1.807) is 6.92 Å². The number of nitro groups is 1. The number of hydrogen-bond acceptors (Lipinski definition) is 4. The average molecular weight is 311 g/mol. The summed E-state index contributed by atoms with van der Waals surface area (Å²) in [6.07, 6.45) is -0.188. The van der Waals surface area contributed by atoms with Crippen molar-refractivity contribution in [3.8, 4) is 0 Å². The highest BCUT2D eigenvalue weighted by atomic mass is 16.6. The molecular weight excluding hydrogens is 294 g/mol. The highest BCUT2D eigenvalue weighted by Gasteiger charge is 2.18. The van der Waals surface area contributed by atoms with Crippen LogP contribution in [0.2, 0.25) is 0 Å². The van der Waals surface area contributed by atoms with Crippen LogP contribution in [0.25, 0.3) is 10.8 Å². The fraction of sp³-hybridized carbons (Fsp3) is 0.235. The van der Waals surface area contributed by atoms with Gasteiger partial charge in [0.1, 0.15) is 0 Å². The van der Waals surface area contributed by atoms with E-state index in [4.69, 9.17) is 0 Å². The highest BCUT2D eigenvalue weighted by molar-refractivity contribution is 5.82. The first-order chi connectivity index (χ1) is 11.0. The Morgan fingerprint density at radius 1 is 1.22 bits per heavy atom. The van der Waals surface area contributed by atoms with E-state index in [9.17, 15) is 15.2 Å². The lowest BCUT2D eigenvalue weighted by atomic mass is 10.0. The van der Waals surface area contributed by atoms with Crippen LogP contribution in [0.4, 0.5) is 5.82 Å². The van der Waals surface area contributed by atoms with E-state index in [1.807, 2.05) is 36.4 Å². The van der Waals surface area contributed by atoms with E-state index in [0.717, 1.165) is 16.3 Å². The van der Waals surface area contributed by atoms with Crippen molar-refractivity contribution >= 4 is 16.6 Å². The van der Waals surface area contributed by atoms with Crippen LogP contribution in [0.15, 0.2) is 48.5 Å². The van der Waals surface area contributed by atoms with Crippen LogP contribution >= 0.6 is 0 Å². The lowest BCUT2D eigenvalue weighted by molar-refractivity contribution is -0.389. The molecule has 23 heavy (non-hydrogen) atoms. The molecule has 0 saturated heterocycles. The molecule has 1 N–H and O–H groups in total. The Bertz CT molecular complexity index is 857. The first-order valence-corrected chi connectivity index (χ1v) is 7.37. The molecule has 6 heteroatoms. The second kappa shape index (κ2) is 6.18. The van der Waals surface area contributed by atoms with E-state index in [2.05, 4.69) is 11.2 Å². The summed E-state index contributed by atoms with van der Waals surface area (Å²) in [5.74, 6) is -0.194. The number of rotatable bonds is 5. The number of benzene rings is 2. The molecule has 0 saturated carbocycles. The summed E-state index contributed by atoms with van der Waals surface area (Å²) >= 11 is 0. The lowest BCUT2D eigenvalue weighted by Crippen LogP contribution is -2.20. The third kappa shape index (κ3) is 3.37. The number of aliphatic hydroxyl groups is 1. The maximum atomic E-state index is 10.7. The van der Waals surface area contributed by atoms with Crippen LogP contribution in [0, 0.1) is 17.0 Å². The summed E-state index contributed by atoms with van der Waals surface area (Å²) in [6.45, 7) is 1.97. The van der Waals surface area contributed by atoms with Crippen LogP contribution in [0.3, 0.4) is 0 Å². The number of nitrogens with zero attached hydrogens (tertiary/aromatic N) is 3. The Labute approximate surface area is 133 Å². The number of fused-ring (bicyclic) bond motifs is 1. The molecule has 0 aliphatic rings. The minimum atomic E-state index is -0.658. The van der Waals surface area contributed by atoms with Crippen LogP contribution in [-0.4, -0.2) is 25.9 Å². The summed E-state index contributed by atoms with van der Waals surface area (Å²) in [7, 11) is 0. The summed E-state index contributed by atoms with van der Waals surface area (Å²) in [5.41, 5.74) is 1.68. The van der Waals surface area contributed by atoms with E-state index in [1.165, 1.54) is 10.7 Å². The molecule has 0 bridgehead atoms. The molecule has 1 heterocycles. The third-order valence-electron chi connectivity index (χ3n) is 3.82. The Morgan fingerprint density at radius 2 is 1.96 bits per heavy atom.